The van der Waals surface area contributed by atoms with Crippen molar-refractivity contribution in [1.29, 1.82) is 0 Å². The molecule has 0 aromatic heterocycles. The van der Waals surface area contributed by atoms with Gasteiger partial charge in [-0.05, 0) is 50.6 Å². The monoisotopic (exact) mass is 354 g/mol. The summed E-state index contributed by atoms with van der Waals surface area (Å²) in [5.74, 6) is 1.01. The standard InChI is InChI=1S/C17H27BrN2O/c1-3-10-21-17-8-7-15(18)11-14(17)12-19-16-6-5-9-20(4-2)13-16/h7-8,11,16,19H,3-6,9-10,12-13H2,1-2H3. The lowest BCUT2D eigenvalue weighted by molar-refractivity contribution is 0.198. The van der Waals surface area contributed by atoms with Crippen molar-refractivity contribution < 1.29 is 4.74 Å². The van der Waals surface area contributed by atoms with Crippen LogP contribution in [-0.4, -0.2) is 37.2 Å². The van der Waals surface area contributed by atoms with Gasteiger partial charge in [0.1, 0.15) is 5.75 Å². The Morgan fingerprint density at radius 2 is 2.24 bits per heavy atom. The van der Waals surface area contributed by atoms with E-state index in [0.717, 1.165) is 42.9 Å². The van der Waals surface area contributed by atoms with Crippen LogP contribution in [0.25, 0.3) is 0 Å². The second kappa shape index (κ2) is 8.76. The Morgan fingerprint density at radius 3 is 3.00 bits per heavy atom. The number of nitrogens with one attached hydrogen (secondary N) is 1. The van der Waals surface area contributed by atoms with Crippen molar-refractivity contribution in [2.75, 3.05) is 26.2 Å². The van der Waals surface area contributed by atoms with Crippen molar-refractivity contribution in [3.05, 3.63) is 28.2 Å². The molecule has 0 bridgehead atoms. The Bertz CT molecular complexity index is 439. The summed E-state index contributed by atoms with van der Waals surface area (Å²) < 4.78 is 6.97. The molecule has 1 atom stereocenters. The van der Waals surface area contributed by atoms with Crippen LogP contribution in [0.2, 0.25) is 0 Å². The highest BCUT2D eigenvalue weighted by atomic mass is 79.9. The number of likely N-dealkylation sites (N-methyl/N-ethyl adjacent to an activating group) is 1. The summed E-state index contributed by atoms with van der Waals surface area (Å²) in [4.78, 5) is 2.52. The first-order valence-electron chi connectivity index (χ1n) is 8.09. The largest absolute Gasteiger partial charge is 0.493 e. The van der Waals surface area contributed by atoms with Crippen molar-refractivity contribution in [3.63, 3.8) is 0 Å². The first-order valence-corrected chi connectivity index (χ1v) is 8.89. The SMILES string of the molecule is CCCOc1ccc(Br)cc1CNC1CCCN(CC)C1. The molecule has 0 radical (unpaired) electrons. The second-order valence-electron chi connectivity index (χ2n) is 5.71. The third kappa shape index (κ3) is 5.28. The molecule has 0 spiro atoms. The minimum absolute atomic E-state index is 0.594. The first-order chi connectivity index (χ1) is 10.2. The van der Waals surface area contributed by atoms with Gasteiger partial charge < -0.3 is 15.0 Å². The van der Waals surface area contributed by atoms with E-state index in [1.807, 2.05) is 6.07 Å². The van der Waals surface area contributed by atoms with Crippen LogP contribution in [0.1, 0.15) is 38.7 Å². The van der Waals surface area contributed by atoms with E-state index >= 15 is 0 Å². The number of hydrogen-bond acceptors (Lipinski definition) is 3. The number of halogens is 1. The predicted molar refractivity (Wildman–Crippen MR) is 91.9 cm³/mol. The summed E-state index contributed by atoms with van der Waals surface area (Å²) in [5.41, 5.74) is 1.24. The highest BCUT2D eigenvalue weighted by Crippen LogP contribution is 2.24. The topological polar surface area (TPSA) is 24.5 Å². The highest BCUT2D eigenvalue weighted by Gasteiger charge is 2.18. The summed E-state index contributed by atoms with van der Waals surface area (Å²) in [6.07, 6.45) is 3.61. The van der Waals surface area contributed by atoms with Crippen LogP contribution in [0.3, 0.4) is 0 Å². The molecular weight excluding hydrogens is 328 g/mol. The maximum absolute atomic E-state index is 5.85. The van der Waals surface area contributed by atoms with Gasteiger partial charge in [0.15, 0.2) is 0 Å². The second-order valence-corrected chi connectivity index (χ2v) is 6.63. The Balaban J connectivity index is 1.93. The predicted octanol–water partition coefficient (Wildman–Crippen LogP) is 3.81. The Labute approximate surface area is 137 Å². The molecule has 1 fully saturated rings. The minimum Gasteiger partial charge on any atom is -0.493 e. The third-order valence-corrected chi connectivity index (χ3v) is 4.51. The van der Waals surface area contributed by atoms with Gasteiger partial charge >= 0.3 is 0 Å². The number of likely N-dealkylation sites (tertiary alicyclic amines) is 1. The lowest BCUT2D eigenvalue weighted by atomic mass is 10.1. The van der Waals surface area contributed by atoms with Gasteiger partial charge in [-0.3, -0.25) is 0 Å². The smallest absolute Gasteiger partial charge is 0.123 e. The van der Waals surface area contributed by atoms with Crippen LogP contribution in [-0.2, 0) is 6.54 Å². The number of rotatable bonds is 7. The number of nitrogens with zero attached hydrogens (tertiary/aromatic N) is 1. The third-order valence-electron chi connectivity index (χ3n) is 4.02. The van der Waals surface area contributed by atoms with Gasteiger partial charge in [-0.15, -0.1) is 0 Å². The van der Waals surface area contributed by atoms with Gasteiger partial charge in [-0.1, -0.05) is 29.8 Å². The number of piperidine rings is 1. The Morgan fingerprint density at radius 1 is 1.38 bits per heavy atom. The fourth-order valence-corrected chi connectivity index (χ4v) is 3.21. The van der Waals surface area contributed by atoms with Gasteiger partial charge in [-0.2, -0.15) is 0 Å². The zero-order chi connectivity index (χ0) is 15.1. The molecule has 1 unspecified atom stereocenters. The van der Waals surface area contributed by atoms with E-state index in [1.165, 1.54) is 24.9 Å². The number of ether oxygens (including phenoxy) is 1. The first kappa shape index (κ1) is 16.8. The molecule has 1 aromatic rings. The van der Waals surface area contributed by atoms with E-state index < -0.39 is 0 Å². The molecule has 1 aliphatic rings. The van der Waals surface area contributed by atoms with Crippen LogP contribution < -0.4 is 10.1 Å². The van der Waals surface area contributed by atoms with Crippen molar-refractivity contribution in [2.24, 2.45) is 0 Å². The fraction of sp³-hybridized carbons (Fsp3) is 0.647. The Hall–Kier alpha value is -0.580. The summed E-state index contributed by atoms with van der Waals surface area (Å²) in [6, 6.07) is 6.87. The van der Waals surface area contributed by atoms with Crippen molar-refractivity contribution in [2.45, 2.75) is 45.7 Å². The van der Waals surface area contributed by atoms with E-state index in [0.29, 0.717) is 6.04 Å². The van der Waals surface area contributed by atoms with E-state index in [1.54, 1.807) is 0 Å². The quantitative estimate of drug-likeness (QED) is 0.805. The molecule has 1 heterocycles. The van der Waals surface area contributed by atoms with Gasteiger partial charge in [0.05, 0.1) is 6.61 Å². The molecule has 21 heavy (non-hydrogen) atoms. The molecule has 4 heteroatoms. The average Bonchev–Trinajstić information content (AvgIpc) is 2.52. The molecule has 1 N–H and O–H groups in total. The van der Waals surface area contributed by atoms with Crippen LogP contribution >= 0.6 is 15.9 Å². The molecule has 1 saturated heterocycles. The molecule has 0 saturated carbocycles. The summed E-state index contributed by atoms with van der Waals surface area (Å²) in [7, 11) is 0. The molecule has 0 aliphatic carbocycles. The van der Waals surface area contributed by atoms with Crippen molar-refractivity contribution in [1.82, 2.24) is 10.2 Å². The molecule has 1 aromatic carbocycles. The van der Waals surface area contributed by atoms with E-state index in [9.17, 15) is 0 Å². The fourth-order valence-electron chi connectivity index (χ4n) is 2.80. The lowest BCUT2D eigenvalue weighted by Crippen LogP contribution is -2.45. The normalized spacial score (nSPS) is 19.7. The summed E-state index contributed by atoms with van der Waals surface area (Å²) in [5, 5.41) is 3.70. The summed E-state index contributed by atoms with van der Waals surface area (Å²) in [6.45, 7) is 9.60. The van der Waals surface area contributed by atoms with Crippen LogP contribution in [0.4, 0.5) is 0 Å². The van der Waals surface area contributed by atoms with Gasteiger partial charge in [0.25, 0.3) is 0 Å². The maximum atomic E-state index is 5.85. The number of benzene rings is 1. The van der Waals surface area contributed by atoms with Crippen LogP contribution in [0, 0.1) is 0 Å². The van der Waals surface area contributed by atoms with Crippen molar-refractivity contribution in [3.8, 4) is 5.75 Å². The van der Waals surface area contributed by atoms with Crippen LogP contribution in [0.15, 0.2) is 22.7 Å². The average molecular weight is 355 g/mol. The molecule has 0 amide bonds. The highest BCUT2D eigenvalue weighted by molar-refractivity contribution is 9.10. The molecular formula is C17H27BrN2O. The van der Waals surface area contributed by atoms with Crippen LogP contribution in [0.5, 0.6) is 5.75 Å². The van der Waals surface area contributed by atoms with Crippen molar-refractivity contribution >= 4 is 15.9 Å². The van der Waals surface area contributed by atoms with E-state index in [-0.39, 0.29) is 0 Å². The molecule has 2 rings (SSSR count). The van der Waals surface area contributed by atoms with Gasteiger partial charge in [0, 0.05) is 29.2 Å². The van der Waals surface area contributed by atoms with E-state index in [2.05, 4.69) is 52.1 Å². The Kier molecular flexibility index (Phi) is 7.00. The lowest BCUT2D eigenvalue weighted by Gasteiger charge is -2.32. The maximum Gasteiger partial charge on any atom is 0.123 e. The number of hydrogen-bond donors (Lipinski definition) is 1. The minimum atomic E-state index is 0.594. The summed E-state index contributed by atoms with van der Waals surface area (Å²) >= 11 is 3.56. The zero-order valence-corrected chi connectivity index (χ0v) is 14.8. The molecule has 118 valence electrons. The zero-order valence-electron chi connectivity index (χ0n) is 13.2. The molecule has 3 nitrogen and oxygen atoms in total. The molecule has 1 aliphatic heterocycles. The van der Waals surface area contributed by atoms with Gasteiger partial charge in [-0.25, -0.2) is 0 Å². The van der Waals surface area contributed by atoms with E-state index in [4.69, 9.17) is 4.74 Å². The van der Waals surface area contributed by atoms with Gasteiger partial charge in [0.2, 0.25) is 0 Å².